The van der Waals surface area contributed by atoms with Gasteiger partial charge in [0.2, 0.25) is 0 Å². The van der Waals surface area contributed by atoms with Crippen LogP contribution in [0.2, 0.25) is 0 Å². The van der Waals surface area contributed by atoms with Crippen LogP contribution >= 0.6 is 22.6 Å². The number of benzene rings is 2. The second-order valence-electron chi connectivity index (χ2n) is 4.58. The molecule has 0 radical (unpaired) electrons. The Kier molecular flexibility index (Phi) is 4.78. The number of hydrogen-bond donors (Lipinski definition) is 1. The van der Waals surface area contributed by atoms with Crippen LogP contribution < -0.4 is 5.32 Å². The fourth-order valence-electron chi connectivity index (χ4n) is 2.04. The average Bonchev–Trinajstić information content (AvgIpc) is 2.39. The zero-order chi connectivity index (χ0) is 13.0. The predicted octanol–water partition coefficient (Wildman–Crippen LogP) is 4.10. The molecule has 18 heavy (non-hydrogen) atoms. The summed E-state index contributed by atoms with van der Waals surface area (Å²) in [6.45, 7) is 2.12. The van der Waals surface area contributed by atoms with Crippen molar-refractivity contribution in [2.75, 3.05) is 7.05 Å². The lowest BCUT2D eigenvalue weighted by molar-refractivity contribution is 0.592. The molecule has 1 N–H and O–H groups in total. The van der Waals surface area contributed by atoms with Gasteiger partial charge in [0.25, 0.3) is 0 Å². The molecule has 0 amide bonds. The maximum Gasteiger partial charge on any atom is 0.0358 e. The van der Waals surface area contributed by atoms with Gasteiger partial charge in [0, 0.05) is 9.61 Å². The Labute approximate surface area is 123 Å². The minimum atomic E-state index is 0.380. The van der Waals surface area contributed by atoms with Crippen LogP contribution in [0.15, 0.2) is 48.5 Å². The number of hydrogen-bond acceptors (Lipinski definition) is 1. The lowest BCUT2D eigenvalue weighted by Gasteiger charge is -2.17. The van der Waals surface area contributed by atoms with Gasteiger partial charge in [-0.3, -0.25) is 0 Å². The SMILES string of the molecule is CNC(Cc1ccc(I)cc1)c1ccc(C)cc1. The highest BCUT2D eigenvalue weighted by atomic mass is 127. The molecule has 0 bridgehead atoms. The molecule has 94 valence electrons. The van der Waals surface area contributed by atoms with Crippen LogP contribution in [0.4, 0.5) is 0 Å². The van der Waals surface area contributed by atoms with Crippen molar-refractivity contribution in [2.24, 2.45) is 0 Å². The molecule has 0 aromatic heterocycles. The molecule has 2 rings (SSSR count). The van der Waals surface area contributed by atoms with Crippen LogP contribution in [0.25, 0.3) is 0 Å². The van der Waals surface area contributed by atoms with Gasteiger partial charge in [0.05, 0.1) is 0 Å². The standard InChI is InChI=1S/C16H18IN/c1-12-3-7-14(8-4-12)16(18-2)11-13-5-9-15(17)10-6-13/h3-10,16,18H,11H2,1-2H3. The van der Waals surface area contributed by atoms with Crippen molar-refractivity contribution in [3.63, 3.8) is 0 Å². The Balaban J connectivity index is 2.14. The van der Waals surface area contributed by atoms with Gasteiger partial charge >= 0.3 is 0 Å². The molecular weight excluding hydrogens is 333 g/mol. The lowest BCUT2D eigenvalue weighted by atomic mass is 9.98. The molecule has 0 fully saturated rings. The Hall–Kier alpha value is -0.870. The summed E-state index contributed by atoms with van der Waals surface area (Å²) < 4.78 is 1.28. The monoisotopic (exact) mass is 351 g/mol. The van der Waals surface area contributed by atoms with Crippen molar-refractivity contribution < 1.29 is 0 Å². The van der Waals surface area contributed by atoms with E-state index in [1.54, 1.807) is 0 Å². The highest BCUT2D eigenvalue weighted by Crippen LogP contribution is 2.19. The Morgan fingerprint density at radius 2 is 1.61 bits per heavy atom. The van der Waals surface area contributed by atoms with E-state index >= 15 is 0 Å². The van der Waals surface area contributed by atoms with Crippen molar-refractivity contribution in [2.45, 2.75) is 19.4 Å². The van der Waals surface area contributed by atoms with Crippen LogP contribution in [-0.2, 0) is 6.42 Å². The van der Waals surface area contributed by atoms with Crippen molar-refractivity contribution in [1.82, 2.24) is 5.32 Å². The Morgan fingerprint density at radius 3 is 2.17 bits per heavy atom. The smallest absolute Gasteiger partial charge is 0.0358 e. The number of halogens is 1. The summed E-state index contributed by atoms with van der Waals surface area (Å²) in [5.74, 6) is 0. The molecule has 2 aromatic carbocycles. The van der Waals surface area contributed by atoms with Gasteiger partial charge < -0.3 is 5.32 Å². The summed E-state index contributed by atoms with van der Waals surface area (Å²) in [6, 6.07) is 17.9. The van der Waals surface area contributed by atoms with Crippen LogP contribution in [-0.4, -0.2) is 7.05 Å². The summed E-state index contributed by atoms with van der Waals surface area (Å²) >= 11 is 2.34. The molecule has 2 heteroatoms. The maximum absolute atomic E-state index is 3.40. The minimum absolute atomic E-state index is 0.380. The second-order valence-corrected chi connectivity index (χ2v) is 5.83. The first kappa shape index (κ1) is 13.6. The second kappa shape index (κ2) is 6.34. The molecule has 0 saturated carbocycles. The quantitative estimate of drug-likeness (QED) is 0.818. The molecule has 0 aliphatic rings. The first-order valence-corrected chi connectivity index (χ1v) is 7.25. The lowest BCUT2D eigenvalue weighted by Crippen LogP contribution is -2.18. The summed E-state index contributed by atoms with van der Waals surface area (Å²) in [5, 5.41) is 3.40. The summed E-state index contributed by atoms with van der Waals surface area (Å²) in [6.07, 6.45) is 1.02. The van der Waals surface area contributed by atoms with E-state index in [4.69, 9.17) is 0 Å². The largest absolute Gasteiger partial charge is 0.313 e. The summed E-state index contributed by atoms with van der Waals surface area (Å²) in [7, 11) is 2.03. The van der Waals surface area contributed by atoms with E-state index in [0.29, 0.717) is 6.04 Å². The van der Waals surface area contributed by atoms with Crippen molar-refractivity contribution in [3.8, 4) is 0 Å². The summed E-state index contributed by atoms with van der Waals surface area (Å²) in [5.41, 5.74) is 4.03. The predicted molar refractivity (Wildman–Crippen MR) is 85.8 cm³/mol. The molecule has 0 aliphatic heterocycles. The van der Waals surface area contributed by atoms with Gasteiger partial charge in [-0.05, 0) is 66.2 Å². The van der Waals surface area contributed by atoms with E-state index < -0.39 is 0 Å². The molecule has 1 nitrogen and oxygen atoms in total. The number of aryl methyl sites for hydroxylation is 1. The Bertz CT molecular complexity index is 488. The average molecular weight is 351 g/mol. The highest BCUT2D eigenvalue weighted by molar-refractivity contribution is 14.1. The number of likely N-dealkylation sites (N-methyl/N-ethyl adjacent to an activating group) is 1. The van der Waals surface area contributed by atoms with Gasteiger partial charge in [-0.1, -0.05) is 42.0 Å². The van der Waals surface area contributed by atoms with Gasteiger partial charge in [0.15, 0.2) is 0 Å². The molecule has 2 aromatic rings. The number of nitrogens with one attached hydrogen (secondary N) is 1. The molecule has 1 atom stereocenters. The first-order valence-electron chi connectivity index (χ1n) is 6.17. The Morgan fingerprint density at radius 1 is 1.00 bits per heavy atom. The van der Waals surface area contributed by atoms with Crippen LogP contribution in [0.3, 0.4) is 0 Å². The van der Waals surface area contributed by atoms with E-state index in [0.717, 1.165) is 6.42 Å². The topological polar surface area (TPSA) is 12.0 Å². The third-order valence-electron chi connectivity index (χ3n) is 3.18. The fourth-order valence-corrected chi connectivity index (χ4v) is 2.40. The normalized spacial score (nSPS) is 12.4. The zero-order valence-corrected chi connectivity index (χ0v) is 12.9. The van der Waals surface area contributed by atoms with Crippen LogP contribution in [0.5, 0.6) is 0 Å². The molecule has 0 spiro atoms. The van der Waals surface area contributed by atoms with Gasteiger partial charge in [0.1, 0.15) is 0 Å². The van der Waals surface area contributed by atoms with E-state index in [9.17, 15) is 0 Å². The molecule has 0 heterocycles. The fraction of sp³-hybridized carbons (Fsp3) is 0.250. The third kappa shape index (κ3) is 3.56. The summed E-state index contributed by atoms with van der Waals surface area (Å²) in [4.78, 5) is 0. The van der Waals surface area contributed by atoms with Crippen LogP contribution in [0, 0.1) is 10.5 Å². The maximum atomic E-state index is 3.40. The molecular formula is C16H18IN. The first-order chi connectivity index (χ1) is 8.69. The van der Waals surface area contributed by atoms with E-state index in [1.165, 1.54) is 20.3 Å². The van der Waals surface area contributed by atoms with Gasteiger partial charge in [-0.15, -0.1) is 0 Å². The zero-order valence-electron chi connectivity index (χ0n) is 10.8. The minimum Gasteiger partial charge on any atom is -0.313 e. The molecule has 0 aliphatic carbocycles. The number of rotatable bonds is 4. The van der Waals surface area contributed by atoms with Crippen LogP contribution in [0.1, 0.15) is 22.7 Å². The van der Waals surface area contributed by atoms with Crippen molar-refractivity contribution in [1.29, 1.82) is 0 Å². The van der Waals surface area contributed by atoms with Crippen molar-refractivity contribution in [3.05, 3.63) is 68.8 Å². The van der Waals surface area contributed by atoms with E-state index in [-0.39, 0.29) is 0 Å². The van der Waals surface area contributed by atoms with Gasteiger partial charge in [-0.25, -0.2) is 0 Å². The van der Waals surface area contributed by atoms with E-state index in [2.05, 4.69) is 83.4 Å². The van der Waals surface area contributed by atoms with E-state index in [1.807, 2.05) is 7.05 Å². The van der Waals surface area contributed by atoms with Crippen molar-refractivity contribution >= 4 is 22.6 Å². The highest BCUT2D eigenvalue weighted by Gasteiger charge is 2.09. The third-order valence-corrected chi connectivity index (χ3v) is 3.90. The molecule has 0 saturated heterocycles. The van der Waals surface area contributed by atoms with Gasteiger partial charge in [-0.2, -0.15) is 0 Å². The molecule has 1 unspecified atom stereocenters.